The summed E-state index contributed by atoms with van der Waals surface area (Å²) in [5.41, 5.74) is -1.16. The average Bonchev–Trinajstić information content (AvgIpc) is 2.94. The molecule has 1 saturated heterocycles. The van der Waals surface area contributed by atoms with Crippen molar-refractivity contribution in [2.75, 3.05) is 20.3 Å². The molecule has 28 heavy (non-hydrogen) atoms. The van der Waals surface area contributed by atoms with Crippen molar-refractivity contribution in [3.05, 3.63) is 32.6 Å². The normalized spacial score (nSPS) is 25.2. The Morgan fingerprint density at radius 1 is 1.36 bits per heavy atom. The number of thiocarbonyl (C=S) groups is 1. The highest BCUT2D eigenvalue weighted by Gasteiger charge is 2.49. The minimum absolute atomic E-state index is 0.0492. The number of methoxy groups -OCH3 is 1. The third-order valence-electron chi connectivity index (χ3n) is 4.13. The molecule has 4 atom stereocenters. The maximum Gasteiger partial charge on any atom is 0.362 e. The molecule has 1 aliphatic rings. The van der Waals surface area contributed by atoms with Crippen molar-refractivity contribution < 1.29 is 38.7 Å². The maximum atomic E-state index is 12.2. The molecule has 4 N–H and O–H groups in total. The molecule has 0 bridgehead atoms. The van der Waals surface area contributed by atoms with Crippen LogP contribution < -0.4 is 11.2 Å². The number of H-pyrrole nitrogens is 1. The van der Waals surface area contributed by atoms with Gasteiger partial charge in [-0.1, -0.05) is 12.2 Å². The standard InChI is InChI=1S/C14H21N2O10PS/c1-7-6-16(14(18)15-12(7)17)13-11(24-4-3-23-2)10(26-19)8(25-13)5-9(28)27(20,21)22/h6,8,10-11,13,19H,3-5H2,1-2H3,(H,15,17,18)(H2,20,21,22)/t8-,10-,11-,13-/m1/s1. The van der Waals surface area contributed by atoms with E-state index in [1.165, 1.54) is 20.2 Å². The zero-order valence-corrected chi connectivity index (χ0v) is 16.7. The second kappa shape index (κ2) is 9.48. The van der Waals surface area contributed by atoms with Gasteiger partial charge in [-0.15, -0.1) is 0 Å². The van der Waals surface area contributed by atoms with Crippen molar-refractivity contribution in [3.63, 3.8) is 0 Å². The Morgan fingerprint density at radius 3 is 2.61 bits per heavy atom. The maximum absolute atomic E-state index is 12.2. The summed E-state index contributed by atoms with van der Waals surface area (Å²) in [7, 11) is -3.22. The van der Waals surface area contributed by atoms with Gasteiger partial charge in [-0.05, 0) is 6.92 Å². The molecular weight excluding hydrogens is 419 g/mol. The van der Waals surface area contributed by atoms with Crippen LogP contribution >= 0.6 is 19.8 Å². The fourth-order valence-corrected chi connectivity index (χ4v) is 3.32. The van der Waals surface area contributed by atoms with Crippen molar-refractivity contribution in [1.29, 1.82) is 0 Å². The third kappa shape index (κ3) is 5.20. The topological polar surface area (TPSA) is 170 Å². The quantitative estimate of drug-likeness (QED) is 0.129. The van der Waals surface area contributed by atoms with E-state index in [9.17, 15) is 29.2 Å². The zero-order valence-electron chi connectivity index (χ0n) is 15.0. The molecule has 2 rings (SSSR count). The SMILES string of the molecule is COCCO[C@@H]1[C@H](OO)[C@@H](CC(=S)P(=O)(O)O)O[C@H]1n1cc(C)c(=O)[nH]c1=O. The molecule has 2 heterocycles. The van der Waals surface area contributed by atoms with Crippen LogP contribution in [0.2, 0.25) is 0 Å². The number of aromatic amines is 1. The second-order valence-electron chi connectivity index (χ2n) is 6.08. The van der Waals surface area contributed by atoms with Crippen LogP contribution in [0.5, 0.6) is 0 Å². The number of aryl methyl sites for hydroxylation is 1. The number of nitrogens with one attached hydrogen (secondary N) is 1. The van der Waals surface area contributed by atoms with E-state index in [1.807, 2.05) is 0 Å². The Hall–Kier alpha value is -1.28. The predicted octanol–water partition coefficient (Wildman–Crippen LogP) is -0.473. The van der Waals surface area contributed by atoms with Gasteiger partial charge in [0.2, 0.25) is 0 Å². The number of nitrogens with zero attached hydrogens (tertiary/aromatic N) is 1. The van der Waals surface area contributed by atoms with Gasteiger partial charge in [-0.25, -0.2) is 9.68 Å². The summed E-state index contributed by atoms with van der Waals surface area (Å²) in [4.78, 5) is 48.8. The van der Waals surface area contributed by atoms with Crippen molar-refractivity contribution in [2.24, 2.45) is 0 Å². The van der Waals surface area contributed by atoms with Crippen LogP contribution in [0.15, 0.2) is 15.8 Å². The molecule has 14 heteroatoms. The lowest BCUT2D eigenvalue weighted by Gasteiger charge is -2.23. The molecule has 0 aromatic carbocycles. The van der Waals surface area contributed by atoms with Crippen LogP contribution in [-0.2, 0) is 23.7 Å². The van der Waals surface area contributed by atoms with Gasteiger partial charge >= 0.3 is 13.3 Å². The number of hydrogen-bond acceptors (Lipinski definition) is 9. The van der Waals surface area contributed by atoms with Gasteiger partial charge in [0.05, 0.1) is 19.3 Å². The number of hydrogen-bond donors (Lipinski definition) is 4. The molecule has 1 aromatic rings. The van der Waals surface area contributed by atoms with E-state index in [1.54, 1.807) is 0 Å². The van der Waals surface area contributed by atoms with Gasteiger partial charge in [0.1, 0.15) is 16.8 Å². The fourth-order valence-electron chi connectivity index (χ4n) is 2.73. The molecule has 0 unspecified atom stereocenters. The lowest BCUT2D eigenvalue weighted by molar-refractivity contribution is -0.301. The number of ether oxygens (including phenoxy) is 3. The fraction of sp³-hybridized carbons (Fsp3) is 0.643. The summed E-state index contributed by atoms with van der Waals surface area (Å²) >= 11 is 4.74. The Labute approximate surface area is 164 Å². The van der Waals surface area contributed by atoms with E-state index in [0.717, 1.165) is 4.57 Å². The molecule has 1 aromatic heterocycles. The van der Waals surface area contributed by atoms with E-state index in [2.05, 4.69) is 9.87 Å². The lowest BCUT2D eigenvalue weighted by atomic mass is 10.1. The van der Waals surface area contributed by atoms with Crippen molar-refractivity contribution in [1.82, 2.24) is 9.55 Å². The first kappa shape index (κ1) is 23.0. The van der Waals surface area contributed by atoms with E-state index < -0.39 is 54.4 Å². The van der Waals surface area contributed by atoms with E-state index in [0.29, 0.717) is 0 Å². The van der Waals surface area contributed by atoms with Gasteiger partial charge in [0.25, 0.3) is 5.56 Å². The Bertz CT molecular complexity index is 864. The number of aromatic nitrogens is 2. The minimum atomic E-state index is -4.67. The number of rotatable bonds is 9. The van der Waals surface area contributed by atoms with Gasteiger partial charge < -0.3 is 24.0 Å². The molecule has 0 aliphatic carbocycles. The smallest absolute Gasteiger partial charge is 0.362 e. The van der Waals surface area contributed by atoms with Gasteiger partial charge in [0.15, 0.2) is 6.23 Å². The molecule has 0 spiro atoms. The molecular formula is C14H21N2O10PS. The first-order valence-corrected chi connectivity index (χ1v) is 10.1. The average molecular weight is 440 g/mol. The highest BCUT2D eigenvalue weighted by Crippen LogP contribution is 2.42. The minimum Gasteiger partial charge on any atom is -0.382 e. The third-order valence-corrected chi connectivity index (χ3v) is 5.84. The summed E-state index contributed by atoms with van der Waals surface area (Å²) in [5, 5.41) is 9.34. The molecule has 1 fully saturated rings. The van der Waals surface area contributed by atoms with Gasteiger partial charge in [-0.2, -0.15) is 0 Å². The summed E-state index contributed by atoms with van der Waals surface area (Å²) in [6, 6.07) is 0. The summed E-state index contributed by atoms with van der Waals surface area (Å²) in [6.07, 6.45) is -3.75. The van der Waals surface area contributed by atoms with Crippen LogP contribution in [0.3, 0.4) is 0 Å². The van der Waals surface area contributed by atoms with Crippen LogP contribution in [0, 0.1) is 6.92 Å². The Balaban J connectivity index is 2.39. The monoisotopic (exact) mass is 440 g/mol. The molecule has 12 nitrogen and oxygen atoms in total. The van der Waals surface area contributed by atoms with E-state index in [4.69, 9.17) is 26.4 Å². The van der Waals surface area contributed by atoms with Crippen molar-refractivity contribution in [3.8, 4) is 0 Å². The van der Waals surface area contributed by atoms with E-state index in [-0.39, 0.29) is 18.8 Å². The first-order valence-electron chi connectivity index (χ1n) is 8.07. The van der Waals surface area contributed by atoms with Gasteiger partial charge in [0, 0.05) is 25.3 Å². The Morgan fingerprint density at radius 2 is 2.04 bits per heavy atom. The Kier molecular flexibility index (Phi) is 7.79. The molecule has 0 radical (unpaired) electrons. The highest BCUT2D eigenvalue weighted by molar-refractivity contribution is 7.97. The summed E-state index contributed by atoms with van der Waals surface area (Å²) < 4.78 is 28.0. The first-order chi connectivity index (χ1) is 13.1. The summed E-state index contributed by atoms with van der Waals surface area (Å²) in [6.45, 7) is 1.71. The predicted molar refractivity (Wildman–Crippen MR) is 98.3 cm³/mol. The molecule has 1 aliphatic heterocycles. The highest BCUT2D eigenvalue weighted by atomic mass is 32.1. The molecule has 0 amide bonds. The van der Waals surface area contributed by atoms with Crippen molar-refractivity contribution in [2.45, 2.75) is 37.9 Å². The summed E-state index contributed by atoms with van der Waals surface area (Å²) in [5.74, 6) is 0. The van der Waals surface area contributed by atoms with Crippen LogP contribution in [0.1, 0.15) is 18.2 Å². The van der Waals surface area contributed by atoms with Crippen LogP contribution in [0.25, 0.3) is 0 Å². The van der Waals surface area contributed by atoms with Crippen LogP contribution in [0.4, 0.5) is 0 Å². The van der Waals surface area contributed by atoms with E-state index >= 15 is 0 Å². The van der Waals surface area contributed by atoms with Crippen molar-refractivity contribution >= 4 is 24.4 Å². The second-order valence-corrected chi connectivity index (χ2v) is 8.51. The van der Waals surface area contributed by atoms with Crippen LogP contribution in [-0.4, -0.2) is 67.8 Å². The molecule has 0 saturated carbocycles. The van der Waals surface area contributed by atoms with Gasteiger partial charge in [-0.3, -0.25) is 24.2 Å². The largest absolute Gasteiger partial charge is 0.382 e. The molecule has 158 valence electrons. The zero-order chi connectivity index (χ0) is 21.1. The lowest BCUT2D eigenvalue weighted by Crippen LogP contribution is -2.41.